The van der Waals surface area contributed by atoms with E-state index in [9.17, 15) is 14.7 Å². The van der Waals surface area contributed by atoms with Crippen molar-refractivity contribution < 1.29 is 19.4 Å². The van der Waals surface area contributed by atoms with Crippen LogP contribution in [0.5, 0.6) is 0 Å². The van der Waals surface area contributed by atoms with Crippen LogP contribution in [0.2, 0.25) is 0 Å². The first-order valence-electron chi connectivity index (χ1n) is 7.14. The quantitative estimate of drug-likeness (QED) is 0.858. The average Bonchev–Trinajstić information content (AvgIpc) is 2.86. The summed E-state index contributed by atoms with van der Waals surface area (Å²) in [6.07, 6.45) is 3.66. The third kappa shape index (κ3) is 4.42. The molecule has 0 fully saturated rings. The summed E-state index contributed by atoms with van der Waals surface area (Å²) in [7, 11) is 0. The number of fused-ring (bicyclic) bond motifs is 1. The first kappa shape index (κ1) is 17.2. The molecule has 24 heavy (non-hydrogen) atoms. The number of aromatic nitrogens is 3. The van der Waals surface area contributed by atoms with E-state index in [0.29, 0.717) is 11.3 Å². The minimum atomic E-state index is -1.20. The molecule has 0 radical (unpaired) electrons. The Morgan fingerprint density at radius 2 is 2.17 bits per heavy atom. The molecule has 0 aliphatic carbocycles. The highest BCUT2D eigenvalue weighted by Crippen LogP contribution is 2.09. The van der Waals surface area contributed by atoms with Crippen molar-refractivity contribution in [3.8, 4) is 6.07 Å². The number of carbonyl (C=O) groups excluding carboxylic acids is 1. The van der Waals surface area contributed by atoms with Gasteiger partial charge in [0.2, 0.25) is 0 Å². The van der Waals surface area contributed by atoms with Crippen LogP contribution in [0, 0.1) is 11.3 Å². The SMILES string of the molecule is CC(C)(C)OC(=O)N[C@@H](Cc1cn2cc(C#N)nc2cn1)C(=O)O. The summed E-state index contributed by atoms with van der Waals surface area (Å²) in [6.45, 7) is 5.05. The molecule has 2 rings (SSSR count). The first-order chi connectivity index (χ1) is 11.2. The molecule has 0 spiro atoms. The van der Waals surface area contributed by atoms with Crippen LogP contribution in [-0.2, 0) is 16.0 Å². The number of carboxylic acids is 1. The zero-order valence-corrected chi connectivity index (χ0v) is 13.5. The Hall–Kier alpha value is -3.15. The maximum absolute atomic E-state index is 11.7. The first-order valence-corrected chi connectivity index (χ1v) is 7.14. The van der Waals surface area contributed by atoms with Crippen molar-refractivity contribution in [2.75, 3.05) is 0 Å². The molecule has 1 amide bonds. The van der Waals surface area contributed by atoms with Gasteiger partial charge in [-0.2, -0.15) is 5.26 Å². The van der Waals surface area contributed by atoms with E-state index in [0.717, 1.165) is 0 Å². The molecular weight excluding hydrogens is 314 g/mol. The van der Waals surface area contributed by atoms with Crippen molar-refractivity contribution in [2.24, 2.45) is 0 Å². The Balaban J connectivity index is 2.14. The molecule has 0 saturated carbocycles. The van der Waals surface area contributed by atoms with Gasteiger partial charge in [0.25, 0.3) is 0 Å². The number of aliphatic carboxylic acids is 1. The maximum Gasteiger partial charge on any atom is 0.408 e. The summed E-state index contributed by atoms with van der Waals surface area (Å²) in [6, 6.07) is 0.724. The van der Waals surface area contributed by atoms with Gasteiger partial charge in [-0.3, -0.25) is 4.98 Å². The molecule has 9 heteroatoms. The van der Waals surface area contributed by atoms with E-state index in [2.05, 4.69) is 15.3 Å². The lowest BCUT2D eigenvalue weighted by Crippen LogP contribution is -2.44. The summed E-state index contributed by atoms with van der Waals surface area (Å²) in [4.78, 5) is 31.2. The lowest BCUT2D eigenvalue weighted by Gasteiger charge is -2.21. The van der Waals surface area contributed by atoms with Crippen LogP contribution >= 0.6 is 0 Å². The summed E-state index contributed by atoms with van der Waals surface area (Å²) < 4.78 is 6.64. The Labute approximate surface area is 137 Å². The lowest BCUT2D eigenvalue weighted by molar-refractivity contribution is -0.139. The number of hydrogen-bond donors (Lipinski definition) is 2. The van der Waals surface area contributed by atoms with Crippen molar-refractivity contribution in [1.29, 1.82) is 5.26 Å². The van der Waals surface area contributed by atoms with E-state index in [4.69, 9.17) is 10.00 Å². The molecule has 0 aromatic carbocycles. The zero-order chi connectivity index (χ0) is 17.9. The van der Waals surface area contributed by atoms with E-state index >= 15 is 0 Å². The highest BCUT2D eigenvalue weighted by molar-refractivity contribution is 5.80. The number of ether oxygens (including phenoxy) is 1. The fraction of sp³-hybridized carbons (Fsp3) is 0.400. The minimum absolute atomic E-state index is 0.0371. The number of nitrogens with zero attached hydrogens (tertiary/aromatic N) is 4. The zero-order valence-electron chi connectivity index (χ0n) is 13.5. The highest BCUT2D eigenvalue weighted by Gasteiger charge is 2.24. The van der Waals surface area contributed by atoms with Gasteiger partial charge in [0.05, 0.1) is 11.9 Å². The molecule has 0 saturated heterocycles. The van der Waals surface area contributed by atoms with Crippen LogP contribution in [0.1, 0.15) is 32.2 Å². The van der Waals surface area contributed by atoms with E-state index < -0.39 is 23.7 Å². The average molecular weight is 331 g/mol. The Bertz CT molecular complexity index is 815. The Morgan fingerprint density at radius 1 is 1.46 bits per heavy atom. The van der Waals surface area contributed by atoms with Gasteiger partial charge < -0.3 is 19.6 Å². The molecule has 0 unspecified atom stereocenters. The number of rotatable bonds is 4. The number of nitriles is 1. The second-order valence-electron chi connectivity index (χ2n) is 6.12. The fourth-order valence-electron chi connectivity index (χ4n) is 1.96. The van der Waals surface area contributed by atoms with Gasteiger partial charge >= 0.3 is 12.1 Å². The van der Waals surface area contributed by atoms with E-state index in [1.165, 1.54) is 12.4 Å². The number of alkyl carbamates (subject to hydrolysis) is 1. The molecule has 2 aromatic rings. The van der Waals surface area contributed by atoms with Gasteiger partial charge in [0.1, 0.15) is 17.7 Å². The minimum Gasteiger partial charge on any atom is -0.480 e. The summed E-state index contributed by atoms with van der Waals surface area (Å²) in [5.41, 5.74) is 0.403. The van der Waals surface area contributed by atoms with Crippen molar-refractivity contribution in [3.05, 3.63) is 30.0 Å². The standard InChI is InChI=1S/C15H17N5O4/c1-15(2,3)24-14(23)19-11(13(21)22)4-9-7-20-8-10(5-16)18-12(20)6-17-9/h6-8,11H,4H2,1-3H3,(H,19,23)(H,21,22)/t11-/m0/s1. The van der Waals surface area contributed by atoms with Gasteiger partial charge in [-0.15, -0.1) is 0 Å². The Kier molecular flexibility index (Phi) is 4.69. The van der Waals surface area contributed by atoms with Crippen LogP contribution in [0.4, 0.5) is 4.79 Å². The van der Waals surface area contributed by atoms with Crippen molar-refractivity contribution in [2.45, 2.75) is 38.8 Å². The lowest BCUT2D eigenvalue weighted by atomic mass is 10.1. The molecule has 0 aliphatic heterocycles. The number of carbonyl (C=O) groups is 2. The number of carboxylic acid groups (broad SMARTS) is 1. The predicted molar refractivity (Wildman–Crippen MR) is 82.2 cm³/mol. The van der Waals surface area contributed by atoms with Crippen molar-refractivity contribution in [3.63, 3.8) is 0 Å². The number of hydrogen-bond acceptors (Lipinski definition) is 6. The summed E-state index contributed by atoms with van der Waals surface area (Å²) >= 11 is 0. The monoisotopic (exact) mass is 331 g/mol. The van der Waals surface area contributed by atoms with Crippen LogP contribution in [0.3, 0.4) is 0 Å². The molecule has 2 heterocycles. The van der Waals surface area contributed by atoms with Gasteiger partial charge in [0, 0.05) is 18.8 Å². The predicted octanol–water partition coefficient (Wildman–Crippen LogP) is 1.12. The molecular formula is C15H17N5O4. The molecule has 2 aromatic heterocycles. The number of nitrogens with one attached hydrogen (secondary N) is 1. The van der Waals surface area contributed by atoms with Gasteiger partial charge in [-0.25, -0.2) is 14.6 Å². The van der Waals surface area contributed by atoms with Crippen LogP contribution in [-0.4, -0.2) is 43.2 Å². The fourth-order valence-corrected chi connectivity index (χ4v) is 1.96. The molecule has 9 nitrogen and oxygen atoms in total. The Morgan fingerprint density at radius 3 is 2.75 bits per heavy atom. The van der Waals surface area contributed by atoms with E-state index in [1.54, 1.807) is 31.4 Å². The van der Waals surface area contributed by atoms with Crippen molar-refractivity contribution in [1.82, 2.24) is 19.7 Å². The third-order valence-electron chi connectivity index (χ3n) is 2.91. The molecule has 2 N–H and O–H groups in total. The summed E-state index contributed by atoms with van der Waals surface area (Å²) in [5, 5.41) is 20.4. The molecule has 126 valence electrons. The largest absolute Gasteiger partial charge is 0.480 e. The number of amides is 1. The second-order valence-corrected chi connectivity index (χ2v) is 6.12. The smallest absolute Gasteiger partial charge is 0.408 e. The van der Waals surface area contributed by atoms with Crippen LogP contribution in [0.15, 0.2) is 18.6 Å². The van der Waals surface area contributed by atoms with Crippen LogP contribution in [0.25, 0.3) is 5.65 Å². The van der Waals surface area contributed by atoms with Gasteiger partial charge in [-0.05, 0) is 20.8 Å². The van der Waals surface area contributed by atoms with Crippen LogP contribution < -0.4 is 5.32 Å². The summed E-state index contributed by atoms with van der Waals surface area (Å²) in [5.74, 6) is -1.20. The van der Waals surface area contributed by atoms with Gasteiger partial charge in [-0.1, -0.05) is 0 Å². The molecule has 0 aliphatic rings. The third-order valence-corrected chi connectivity index (χ3v) is 2.91. The van der Waals surface area contributed by atoms with E-state index in [-0.39, 0.29) is 12.1 Å². The second kappa shape index (κ2) is 6.54. The maximum atomic E-state index is 11.7. The topological polar surface area (TPSA) is 130 Å². The normalized spacial score (nSPS) is 12.4. The van der Waals surface area contributed by atoms with E-state index in [1.807, 2.05) is 6.07 Å². The molecule has 0 bridgehead atoms. The highest BCUT2D eigenvalue weighted by atomic mass is 16.6. The molecule has 1 atom stereocenters. The number of imidazole rings is 1. The van der Waals surface area contributed by atoms with Crippen molar-refractivity contribution >= 4 is 17.7 Å². The van der Waals surface area contributed by atoms with Gasteiger partial charge in [0.15, 0.2) is 11.3 Å².